The van der Waals surface area contributed by atoms with E-state index in [1.165, 1.54) is 4.68 Å². The highest BCUT2D eigenvalue weighted by Crippen LogP contribution is 2.06. The highest BCUT2D eigenvalue weighted by molar-refractivity contribution is 5.41. The predicted octanol–water partition coefficient (Wildman–Crippen LogP) is 1.10. The topological polar surface area (TPSA) is 59.4 Å². The number of methoxy groups -OCH3 is 1. The van der Waals surface area contributed by atoms with Gasteiger partial charge in [-0.1, -0.05) is 13.8 Å². The van der Waals surface area contributed by atoms with Crippen molar-refractivity contribution in [2.24, 2.45) is 0 Å². The fourth-order valence-corrected chi connectivity index (χ4v) is 2.02. The van der Waals surface area contributed by atoms with Crippen LogP contribution >= 0.6 is 0 Å². The van der Waals surface area contributed by atoms with Crippen LogP contribution in [-0.2, 0) is 11.3 Å². The van der Waals surface area contributed by atoms with Gasteiger partial charge in [0.2, 0.25) is 0 Å². The quantitative estimate of drug-likeness (QED) is 0.701. The van der Waals surface area contributed by atoms with Crippen LogP contribution < -0.4 is 15.8 Å². The maximum absolute atomic E-state index is 12.2. The van der Waals surface area contributed by atoms with E-state index in [1.807, 2.05) is 11.9 Å². The Hall–Kier alpha value is -1.40. The molecule has 0 saturated heterocycles. The highest BCUT2D eigenvalue weighted by Gasteiger charge is 2.09. The van der Waals surface area contributed by atoms with Crippen molar-refractivity contribution >= 4 is 5.69 Å². The maximum Gasteiger partial charge on any atom is 0.268 e. The molecule has 0 bridgehead atoms. The summed E-state index contributed by atoms with van der Waals surface area (Å²) in [4.78, 5) is 14.1. The zero-order valence-corrected chi connectivity index (χ0v) is 13.6. The number of anilines is 1. The molecule has 6 heteroatoms. The van der Waals surface area contributed by atoms with Crippen LogP contribution in [0, 0.1) is 0 Å². The van der Waals surface area contributed by atoms with Crippen LogP contribution in [0.25, 0.3) is 0 Å². The van der Waals surface area contributed by atoms with Crippen LogP contribution in [0.1, 0.15) is 26.7 Å². The zero-order chi connectivity index (χ0) is 15.7. The van der Waals surface area contributed by atoms with Crippen LogP contribution in [-0.4, -0.2) is 49.7 Å². The smallest absolute Gasteiger partial charge is 0.268 e. The second kappa shape index (κ2) is 9.52. The number of nitrogens with zero attached hydrogens (tertiary/aromatic N) is 3. The van der Waals surface area contributed by atoms with Gasteiger partial charge in [0.25, 0.3) is 5.56 Å². The molecular weight excluding hydrogens is 268 g/mol. The first-order valence-electron chi connectivity index (χ1n) is 7.63. The molecule has 1 aromatic heterocycles. The van der Waals surface area contributed by atoms with E-state index in [2.05, 4.69) is 24.3 Å². The third kappa shape index (κ3) is 5.85. The van der Waals surface area contributed by atoms with Crippen LogP contribution in [0.4, 0.5) is 5.69 Å². The summed E-state index contributed by atoms with van der Waals surface area (Å²) in [5.74, 6) is 0. The van der Waals surface area contributed by atoms with Gasteiger partial charge in [-0.05, 0) is 19.4 Å². The number of hydrogen-bond acceptors (Lipinski definition) is 5. The van der Waals surface area contributed by atoms with E-state index in [1.54, 1.807) is 19.4 Å². The van der Waals surface area contributed by atoms with E-state index in [9.17, 15) is 4.79 Å². The van der Waals surface area contributed by atoms with Crippen molar-refractivity contribution in [2.45, 2.75) is 39.3 Å². The molecule has 1 rings (SSSR count). The summed E-state index contributed by atoms with van der Waals surface area (Å²) >= 11 is 0. The lowest BCUT2D eigenvalue weighted by molar-refractivity contribution is 0.206. The molecule has 0 amide bonds. The Bertz CT molecular complexity index is 461. The molecule has 0 radical (unpaired) electrons. The molecule has 1 unspecified atom stereocenters. The molecule has 1 atom stereocenters. The number of rotatable bonds is 10. The molecule has 0 aliphatic carbocycles. The summed E-state index contributed by atoms with van der Waals surface area (Å²) in [5.41, 5.74) is 0.761. The van der Waals surface area contributed by atoms with Gasteiger partial charge < -0.3 is 15.0 Å². The molecule has 1 heterocycles. The lowest BCUT2D eigenvalue weighted by Crippen LogP contribution is -2.37. The third-order valence-electron chi connectivity index (χ3n) is 3.50. The lowest BCUT2D eigenvalue weighted by Gasteiger charge is -2.20. The normalized spacial score (nSPS) is 12.4. The summed E-state index contributed by atoms with van der Waals surface area (Å²) in [6, 6.07) is 1.92. The Labute approximate surface area is 127 Å². The summed E-state index contributed by atoms with van der Waals surface area (Å²) in [6.07, 6.45) is 3.80. The van der Waals surface area contributed by atoms with E-state index in [-0.39, 0.29) is 11.6 Å². The van der Waals surface area contributed by atoms with E-state index >= 15 is 0 Å². The first kappa shape index (κ1) is 17.7. The van der Waals surface area contributed by atoms with Crippen molar-refractivity contribution < 1.29 is 4.74 Å². The SMILES string of the molecule is CCCNC(CC)Cn1ncc(N(C)CCOC)cc1=O. The fraction of sp³-hybridized carbons (Fsp3) is 0.733. The minimum atomic E-state index is -0.0616. The first-order chi connectivity index (χ1) is 10.1. The number of aromatic nitrogens is 2. The number of hydrogen-bond donors (Lipinski definition) is 1. The van der Waals surface area contributed by atoms with Gasteiger partial charge in [-0.2, -0.15) is 5.10 Å². The van der Waals surface area contributed by atoms with Crippen molar-refractivity contribution in [1.29, 1.82) is 0 Å². The van der Waals surface area contributed by atoms with E-state index in [4.69, 9.17) is 4.74 Å². The molecule has 0 spiro atoms. The van der Waals surface area contributed by atoms with Crippen molar-refractivity contribution in [3.05, 3.63) is 22.6 Å². The average Bonchev–Trinajstić information content (AvgIpc) is 2.50. The van der Waals surface area contributed by atoms with Crippen molar-refractivity contribution in [2.75, 3.05) is 38.8 Å². The Morgan fingerprint density at radius 3 is 2.81 bits per heavy atom. The summed E-state index contributed by atoms with van der Waals surface area (Å²) in [5, 5.41) is 7.72. The van der Waals surface area contributed by atoms with Crippen molar-refractivity contribution in [3.63, 3.8) is 0 Å². The molecule has 6 nitrogen and oxygen atoms in total. The Morgan fingerprint density at radius 2 is 2.24 bits per heavy atom. The summed E-state index contributed by atoms with van der Waals surface area (Å²) in [6.45, 7) is 7.18. The summed E-state index contributed by atoms with van der Waals surface area (Å²) < 4.78 is 6.57. The molecule has 0 aliphatic heterocycles. The van der Waals surface area contributed by atoms with Crippen molar-refractivity contribution in [3.8, 4) is 0 Å². The summed E-state index contributed by atoms with van der Waals surface area (Å²) in [7, 11) is 3.59. The molecule has 0 fully saturated rings. The van der Waals surface area contributed by atoms with Crippen LogP contribution in [0.15, 0.2) is 17.1 Å². The average molecular weight is 296 g/mol. The third-order valence-corrected chi connectivity index (χ3v) is 3.50. The van der Waals surface area contributed by atoms with Gasteiger partial charge >= 0.3 is 0 Å². The molecule has 1 N–H and O–H groups in total. The molecule has 21 heavy (non-hydrogen) atoms. The fourth-order valence-electron chi connectivity index (χ4n) is 2.02. The molecule has 0 saturated carbocycles. The van der Waals surface area contributed by atoms with Gasteiger partial charge in [0, 0.05) is 32.8 Å². The maximum atomic E-state index is 12.2. The Balaban J connectivity index is 2.71. The van der Waals surface area contributed by atoms with Crippen molar-refractivity contribution in [1.82, 2.24) is 15.1 Å². The van der Waals surface area contributed by atoms with E-state index in [0.717, 1.165) is 31.6 Å². The number of likely N-dealkylation sites (N-methyl/N-ethyl adjacent to an activating group) is 1. The Morgan fingerprint density at radius 1 is 1.48 bits per heavy atom. The highest BCUT2D eigenvalue weighted by atomic mass is 16.5. The van der Waals surface area contributed by atoms with Crippen LogP contribution in [0.3, 0.4) is 0 Å². The number of ether oxygens (including phenoxy) is 1. The number of nitrogens with one attached hydrogen (secondary N) is 1. The van der Waals surface area contributed by atoms with Crippen LogP contribution in [0.2, 0.25) is 0 Å². The van der Waals surface area contributed by atoms with Gasteiger partial charge in [-0.3, -0.25) is 4.79 Å². The first-order valence-corrected chi connectivity index (χ1v) is 7.63. The zero-order valence-electron chi connectivity index (χ0n) is 13.6. The monoisotopic (exact) mass is 296 g/mol. The van der Waals surface area contributed by atoms with E-state index in [0.29, 0.717) is 13.2 Å². The molecule has 0 aromatic carbocycles. The van der Waals surface area contributed by atoms with Gasteiger partial charge in [0.05, 0.1) is 25.0 Å². The molecule has 120 valence electrons. The molecule has 0 aliphatic rings. The minimum Gasteiger partial charge on any atom is -0.383 e. The van der Waals surface area contributed by atoms with Crippen LogP contribution in [0.5, 0.6) is 0 Å². The minimum absolute atomic E-state index is 0.0616. The van der Waals surface area contributed by atoms with E-state index < -0.39 is 0 Å². The molecular formula is C15H28N4O2. The lowest BCUT2D eigenvalue weighted by atomic mass is 10.2. The second-order valence-corrected chi connectivity index (χ2v) is 5.21. The second-order valence-electron chi connectivity index (χ2n) is 5.21. The largest absolute Gasteiger partial charge is 0.383 e. The van der Waals surface area contributed by atoms with Gasteiger partial charge in [-0.15, -0.1) is 0 Å². The Kier molecular flexibility index (Phi) is 8.00. The molecule has 1 aromatic rings. The van der Waals surface area contributed by atoms with Gasteiger partial charge in [0.15, 0.2) is 0 Å². The predicted molar refractivity (Wildman–Crippen MR) is 86.0 cm³/mol. The van der Waals surface area contributed by atoms with Gasteiger partial charge in [-0.25, -0.2) is 4.68 Å². The van der Waals surface area contributed by atoms with Gasteiger partial charge in [0.1, 0.15) is 0 Å². The standard InChI is InChI=1S/C15H28N4O2/c1-5-7-16-13(6-2)12-19-15(20)10-14(11-17-19)18(3)8-9-21-4/h10-11,13,16H,5-9,12H2,1-4H3.